The highest BCUT2D eigenvalue weighted by Crippen LogP contribution is 2.15. The fraction of sp³-hybridized carbons (Fsp3) is 0.200. The molecule has 4 nitrogen and oxygen atoms in total. The number of fused-ring (bicyclic) bond motifs is 1. The smallest absolute Gasteiger partial charge is 0.237 e. The second-order valence-corrected chi connectivity index (χ2v) is 3.89. The standard InChI is InChI=1S/C10H11N3OS/c1-6-2-3-8-7(4-6)12-10(15)13(8)5-9(11)14/h2-4H,5H2,1H3,(H2,11,14)(H,12,15). The van der Waals surface area contributed by atoms with E-state index in [1.807, 2.05) is 25.1 Å². The van der Waals surface area contributed by atoms with Gasteiger partial charge in [-0.25, -0.2) is 0 Å². The number of carbonyl (C=O) groups excluding carboxylic acids is 1. The number of rotatable bonds is 2. The van der Waals surface area contributed by atoms with E-state index in [2.05, 4.69) is 4.98 Å². The van der Waals surface area contributed by atoms with Gasteiger partial charge in [0, 0.05) is 0 Å². The fourth-order valence-electron chi connectivity index (χ4n) is 1.59. The van der Waals surface area contributed by atoms with E-state index in [-0.39, 0.29) is 6.54 Å². The van der Waals surface area contributed by atoms with Gasteiger partial charge in [-0.05, 0) is 36.8 Å². The van der Waals surface area contributed by atoms with Crippen molar-refractivity contribution in [3.8, 4) is 0 Å². The van der Waals surface area contributed by atoms with Gasteiger partial charge in [0.1, 0.15) is 6.54 Å². The Bertz CT molecular complexity index is 582. The van der Waals surface area contributed by atoms with Crippen LogP contribution in [0.15, 0.2) is 18.2 Å². The van der Waals surface area contributed by atoms with E-state index < -0.39 is 5.91 Å². The molecule has 5 heteroatoms. The number of hydrogen-bond donors (Lipinski definition) is 2. The molecule has 15 heavy (non-hydrogen) atoms. The summed E-state index contributed by atoms with van der Waals surface area (Å²) in [6.07, 6.45) is 0. The van der Waals surface area contributed by atoms with Crippen LogP contribution in [0.4, 0.5) is 0 Å². The van der Waals surface area contributed by atoms with E-state index >= 15 is 0 Å². The summed E-state index contributed by atoms with van der Waals surface area (Å²) in [6.45, 7) is 2.11. The molecule has 0 unspecified atom stereocenters. The number of aryl methyl sites for hydroxylation is 1. The van der Waals surface area contributed by atoms with E-state index in [0.717, 1.165) is 16.6 Å². The lowest BCUT2D eigenvalue weighted by Crippen LogP contribution is -2.18. The Kier molecular flexibility index (Phi) is 2.32. The van der Waals surface area contributed by atoms with Crippen molar-refractivity contribution >= 4 is 29.2 Å². The number of primary amides is 1. The molecule has 0 radical (unpaired) electrons. The fourth-order valence-corrected chi connectivity index (χ4v) is 1.86. The number of aromatic amines is 1. The third-order valence-electron chi connectivity index (χ3n) is 2.24. The predicted molar refractivity (Wildman–Crippen MR) is 61.1 cm³/mol. The number of nitrogens with two attached hydrogens (primary N) is 1. The average Bonchev–Trinajstić information content (AvgIpc) is 2.41. The Balaban J connectivity index is 2.68. The minimum absolute atomic E-state index is 0.113. The molecule has 0 saturated carbocycles. The number of nitrogens with one attached hydrogen (secondary N) is 1. The Morgan fingerprint density at radius 3 is 3.00 bits per heavy atom. The van der Waals surface area contributed by atoms with Crippen LogP contribution in [0.5, 0.6) is 0 Å². The van der Waals surface area contributed by atoms with Crippen molar-refractivity contribution in [2.75, 3.05) is 0 Å². The molecule has 1 aromatic carbocycles. The van der Waals surface area contributed by atoms with E-state index in [1.165, 1.54) is 0 Å². The number of benzene rings is 1. The van der Waals surface area contributed by atoms with Crippen molar-refractivity contribution in [3.05, 3.63) is 28.5 Å². The molecule has 1 heterocycles. The van der Waals surface area contributed by atoms with Crippen LogP contribution in [0.25, 0.3) is 11.0 Å². The number of H-pyrrole nitrogens is 1. The van der Waals surface area contributed by atoms with Gasteiger partial charge in [-0.1, -0.05) is 6.07 Å². The summed E-state index contributed by atoms with van der Waals surface area (Å²) in [6, 6.07) is 5.89. The Labute approximate surface area is 91.7 Å². The van der Waals surface area contributed by atoms with Crippen molar-refractivity contribution in [3.63, 3.8) is 0 Å². The molecule has 0 spiro atoms. The summed E-state index contributed by atoms with van der Waals surface area (Å²) in [5, 5.41) is 0. The largest absolute Gasteiger partial charge is 0.368 e. The van der Waals surface area contributed by atoms with E-state index in [1.54, 1.807) is 4.57 Å². The molecule has 0 aliphatic heterocycles. The van der Waals surface area contributed by atoms with Crippen molar-refractivity contribution in [1.82, 2.24) is 9.55 Å². The highest BCUT2D eigenvalue weighted by Gasteiger charge is 2.06. The second kappa shape index (κ2) is 3.51. The predicted octanol–water partition coefficient (Wildman–Crippen LogP) is 1.49. The first kappa shape index (κ1) is 9.92. The van der Waals surface area contributed by atoms with Crippen molar-refractivity contribution in [2.45, 2.75) is 13.5 Å². The molecular formula is C10H11N3OS. The number of amides is 1. The molecule has 2 rings (SSSR count). The van der Waals surface area contributed by atoms with Gasteiger partial charge in [-0.3, -0.25) is 4.79 Å². The zero-order valence-corrected chi connectivity index (χ0v) is 9.10. The van der Waals surface area contributed by atoms with E-state index in [9.17, 15) is 4.79 Å². The van der Waals surface area contributed by atoms with Gasteiger partial charge in [-0.2, -0.15) is 0 Å². The van der Waals surface area contributed by atoms with Crippen LogP contribution < -0.4 is 5.73 Å². The summed E-state index contributed by atoms with van der Waals surface area (Å²) in [7, 11) is 0. The van der Waals surface area contributed by atoms with Crippen molar-refractivity contribution in [2.24, 2.45) is 5.73 Å². The lowest BCUT2D eigenvalue weighted by Gasteiger charge is -2.00. The molecule has 1 amide bonds. The Morgan fingerprint density at radius 1 is 1.60 bits per heavy atom. The van der Waals surface area contributed by atoms with Crippen LogP contribution in [0, 0.1) is 11.7 Å². The molecule has 0 fully saturated rings. The number of hydrogen-bond acceptors (Lipinski definition) is 2. The molecule has 0 saturated heterocycles. The highest BCUT2D eigenvalue weighted by atomic mass is 32.1. The molecule has 2 aromatic rings. The normalized spacial score (nSPS) is 10.7. The third-order valence-corrected chi connectivity index (χ3v) is 2.57. The number of carbonyl (C=O) groups is 1. The van der Waals surface area contributed by atoms with Crippen molar-refractivity contribution < 1.29 is 4.79 Å². The molecule has 0 bridgehead atoms. The summed E-state index contributed by atoms with van der Waals surface area (Å²) >= 11 is 5.11. The highest BCUT2D eigenvalue weighted by molar-refractivity contribution is 7.71. The summed E-state index contributed by atoms with van der Waals surface area (Å²) in [5.41, 5.74) is 8.14. The first-order valence-electron chi connectivity index (χ1n) is 4.55. The molecule has 0 aliphatic carbocycles. The van der Waals surface area contributed by atoms with E-state index in [4.69, 9.17) is 18.0 Å². The summed E-state index contributed by atoms with van der Waals surface area (Å²) in [4.78, 5) is 13.9. The maximum Gasteiger partial charge on any atom is 0.237 e. The number of imidazole rings is 1. The minimum Gasteiger partial charge on any atom is -0.368 e. The van der Waals surface area contributed by atoms with Crippen LogP contribution in [-0.2, 0) is 11.3 Å². The first-order valence-corrected chi connectivity index (χ1v) is 4.96. The topological polar surface area (TPSA) is 63.8 Å². The van der Waals surface area contributed by atoms with E-state index in [0.29, 0.717) is 4.77 Å². The maximum atomic E-state index is 10.9. The van der Waals surface area contributed by atoms with Crippen LogP contribution >= 0.6 is 12.2 Å². The molecule has 1 aromatic heterocycles. The SMILES string of the molecule is Cc1ccc2c(c1)[nH]c(=S)n2CC(N)=O. The number of nitrogens with zero attached hydrogens (tertiary/aromatic N) is 1. The Morgan fingerprint density at radius 2 is 2.33 bits per heavy atom. The first-order chi connectivity index (χ1) is 7.08. The van der Waals surface area contributed by atoms with Crippen LogP contribution in [-0.4, -0.2) is 15.5 Å². The van der Waals surface area contributed by atoms with Gasteiger partial charge >= 0.3 is 0 Å². The summed E-state index contributed by atoms with van der Waals surface area (Å²) in [5.74, 6) is -0.396. The second-order valence-electron chi connectivity index (χ2n) is 3.50. The van der Waals surface area contributed by atoms with Gasteiger partial charge in [0.25, 0.3) is 0 Å². The van der Waals surface area contributed by atoms with Crippen LogP contribution in [0.3, 0.4) is 0 Å². The quantitative estimate of drug-likeness (QED) is 0.755. The van der Waals surface area contributed by atoms with Crippen LogP contribution in [0.2, 0.25) is 0 Å². The minimum atomic E-state index is -0.396. The van der Waals surface area contributed by atoms with Gasteiger partial charge in [-0.15, -0.1) is 0 Å². The molecule has 78 valence electrons. The molecule has 3 N–H and O–H groups in total. The van der Waals surface area contributed by atoms with Crippen LogP contribution in [0.1, 0.15) is 5.56 Å². The average molecular weight is 221 g/mol. The molecule has 0 atom stereocenters. The molecule has 0 aliphatic rings. The monoisotopic (exact) mass is 221 g/mol. The zero-order valence-electron chi connectivity index (χ0n) is 8.28. The third kappa shape index (κ3) is 1.78. The Hall–Kier alpha value is -1.62. The number of aromatic nitrogens is 2. The molecular weight excluding hydrogens is 210 g/mol. The lowest BCUT2D eigenvalue weighted by atomic mass is 10.2. The van der Waals surface area contributed by atoms with Gasteiger partial charge in [0.05, 0.1) is 11.0 Å². The maximum absolute atomic E-state index is 10.9. The zero-order chi connectivity index (χ0) is 11.0. The van der Waals surface area contributed by atoms with Gasteiger partial charge in [0.15, 0.2) is 4.77 Å². The lowest BCUT2D eigenvalue weighted by molar-refractivity contribution is -0.118. The summed E-state index contributed by atoms with van der Waals surface area (Å²) < 4.78 is 2.22. The van der Waals surface area contributed by atoms with Gasteiger partial charge in [0.2, 0.25) is 5.91 Å². The van der Waals surface area contributed by atoms with Gasteiger partial charge < -0.3 is 15.3 Å². The van der Waals surface area contributed by atoms with Crippen molar-refractivity contribution in [1.29, 1.82) is 0 Å².